The first-order valence-electron chi connectivity index (χ1n) is 11.2. The van der Waals surface area contributed by atoms with Crippen LogP contribution in [0.15, 0.2) is 52.7 Å². The lowest BCUT2D eigenvalue weighted by molar-refractivity contribution is -0.114. The van der Waals surface area contributed by atoms with E-state index in [4.69, 9.17) is 16.6 Å². The van der Waals surface area contributed by atoms with Gasteiger partial charge in [0.2, 0.25) is 5.91 Å². The number of nitrogens with two attached hydrogens (primary N) is 2. The fourth-order valence-electron chi connectivity index (χ4n) is 2.25. The molecular weight excluding hydrogens is 398 g/mol. The molecule has 0 aromatic heterocycles. The number of primary amides is 1. The van der Waals surface area contributed by atoms with Gasteiger partial charge in [0.05, 0.1) is 11.3 Å². The van der Waals surface area contributed by atoms with Gasteiger partial charge in [0.1, 0.15) is 0 Å². The Morgan fingerprint density at radius 2 is 1.66 bits per heavy atom. The van der Waals surface area contributed by atoms with Crippen molar-refractivity contribution in [2.75, 3.05) is 7.05 Å². The Kier molecular flexibility index (Phi) is 16.7. The molecule has 0 heterocycles. The van der Waals surface area contributed by atoms with E-state index in [1.807, 2.05) is 57.2 Å². The van der Waals surface area contributed by atoms with Gasteiger partial charge in [0, 0.05) is 23.9 Å². The van der Waals surface area contributed by atoms with Gasteiger partial charge in [-0.15, -0.1) is 0 Å². The highest BCUT2D eigenvalue weighted by molar-refractivity contribution is 6.11. The number of carbonyl (C=O) groups is 1. The van der Waals surface area contributed by atoms with E-state index >= 15 is 0 Å². The number of hydrogen-bond acceptors (Lipinski definition) is 4. The molecule has 0 fully saturated rings. The van der Waals surface area contributed by atoms with E-state index in [-0.39, 0.29) is 0 Å². The van der Waals surface area contributed by atoms with Crippen LogP contribution in [0.1, 0.15) is 84.4 Å². The molecule has 0 radical (unpaired) electrons. The smallest absolute Gasteiger partial charge is 0.248 e. The Balaban J connectivity index is 0. The van der Waals surface area contributed by atoms with Crippen LogP contribution in [0, 0.1) is 6.92 Å². The predicted octanol–water partition coefficient (Wildman–Crippen LogP) is 5.69. The van der Waals surface area contributed by atoms with Crippen molar-refractivity contribution in [2.24, 2.45) is 16.5 Å². The summed E-state index contributed by atoms with van der Waals surface area (Å²) in [5.74, 6) is -0.430. The minimum Gasteiger partial charge on any atom is -0.402 e. The molecule has 1 aromatic rings. The minimum absolute atomic E-state index is 0.430. The largest absolute Gasteiger partial charge is 0.402 e. The number of rotatable bonds is 7. The molecule has 1 amide bonds. The third-order valence-corrected chi connectivity index (χ3v) is 3.84. The average Bonchev–Trinajstić information content (AvgIpc) is 2.68. The number of amides is 1. The van der Waals surface area contributed by atoms with Crippen LogP contribution in [-0.2, 0) is 4.79 Å². The number of unbranched alkanes of at least 4 members (excludes halogenated alkanes) is 1. The summed E-state index contributed by atoms with van der Waals surface area (Å²) in [6.07, 6.45) is 10.7. The highest BCUT2D eigenvalue weighted by Gasteiger charge is 2.08. The molecule has 0 aliphatic rings. The van der Waals surface area contributed by atoms with E-state index in [0.717, 1.165) is 28.8 Å². The lowest BCUT2D eigenvalue weighted by atomic mass is 9.96. The number of carbonyl (C=O) groups excluding carboxylic acids is 1. The summed E-state index contributed by atoms with van der Waals surface area (Å²) in [5, 5.41) is 8.52. The molecule has 5 N–H and O–H groups in total. The van der Waals surface area contributed by atoms with E-state index in [1.54, 1.807) is 33.9 Å². The Bertz CT molecular complexity index is 799. The molecule has 0 aliphatic heterocycles. The van der Waals surface area contributed by atoms with Crippen molar-refractivity contribution in [1.29, 1.82) is 0 Å². The molecule has 1 aromatic carbocycles. The highest BCUT2D eigenvalue weighted by Crippen LogP contribution is 2.19. The summed E-state index contributed by atoms with van der Waals surface area (Å²) in [6, 6.07) is 5.98. The molecule has 5 heteroatoms. The molecule has 1 rings (SSSR count). The number of allylic oxidation sites excluding steroid dienone is 3. The van der Waals surface area contributed by atoms with E-state index in [9.17, 15) is 4.79 Å². The number of aliphatic imine (C=N–C) groups is 1. The topological polar surface area (TPSA) is 102 Å². The van der Waals surface area contributed by atoms with E-state index in [1.165, 1.54) is 12.8 Å². The van der Waals surface area contributed by atoms with Gasteiger partial charge in [-0.1, -0.05) is 64.0 Å². The fourth-order valence-corrected chi connectivity index (χ4v) is 2.25. The fraction of sp³-hybridized carbons (Fsp3) is 0.481. The molecule has 0 unspecified atom stereocenters. The van der Waals surface area contributed by atoms with Gasteiger partial charge in [-0.25, -0.2) is 0 Å². The number of hydrogen-bond donors (Lipinski definition) is 3. The maximum Gasteiger partial charge on any atom is 0.248 e. The number of aliphatic hydroxyl groups is 1. The van der Waals surface area contributed by atoms with Crippen molar-refractivity contribution in [1.82, 2.24) is 0 Å². The summed E-state index contributed by atoms with van der Waals surface area (Å²) in [6.45, 7) is 15.4. The van der Waals surface area contributed by atoms with Gasteiger partial charge in [-0.05, 0) is 64.3 Å². The molecular formula is C27H45N3O2. The van der Waals surface area contributed by atoms with Gasteiger partial charge in [0.15, 0.2) is 0 Å². The molecule has 180 valence electrons. The molecule has 0 aliphatic carbocycles. The summed E-state index contributed by atoms with van der Waals surface area (Å²) in [4.78, 5) is 15.8. The first-order valence-corrected chi connectivity index (χ1v) is 11.2. The SMILES string of the molecule is CC(C)(C)O.CC/C=C(/C=C\c1c(C)cccc1C(/C=C(\C)N)=NC)C(N)=O.CCCC. The second kappa shape index (κ2) is 17.0. The minimum atomic E-state index is -0.500. The van der Waals surface area contributed by atoms with Gasteiger partial charge >= 0.3 is 0 Å². The molecule has 0 spiro atoms. The van der Waals surface area contributed by atoms with Crippen molar-refractivity contribution in [3.8, 4) is 0 Å². The lowest BCUT2D eigenvalue weighted by Crippen LogP contribution is -2.12. The van der Waals surface area contributed by atoms with Crippen molar-refractivity contribution >= 4 is 17.7 Å². The number of nitrogens with zero attached hydrogens (tertiary/aromatic N) is 1. The quantitative estimate of drug-likeness (QED) is 0.286. The Morgan fingerprint density at radius 3 is 2.03 bits per heavy atom. The zero-order chi connectivity index (χ0) is 25.3. The van der Waals surface area contributed by atoms with Crippen LogP contribution in [0.3, 0.4) is 0 Å². The molecule has 0 atom stereocenters. The third kappa shape index (κ3) is 16.1. The van der Waals surface area contributed by atoms with E-state index in [0.29, 0.717) is 11.3 Å². The van der Waals surface area contributed by atoms with Crippen molar-refractivity contribution in [3.05, 3.63) is 64.4 Å². The zero-order valence-corrected chi connectivity index (χ0v) is 21.6. The van der Waals surface area contributed by atoms with Gasteiger partial charge in [-0.3, -0.25) is 9.79 Å². The number of aryl methyl sites for hydroxylation is 1. The van der Waals surface area contributed by atoms with Crippen LogP contribution in [0.5, 0.6) is 0 Å². The molecule has 0 bridgehead atoms. The molecule has 0 saturated carbocycles. The van der Waals surface area contributed by atoms with Crippen LogP contribution >= 0.6 is 0 Å². The van der Waals surface area contributed by atoms with Gasteiger partial charge in [0.25, 0.3) is 0 Å². The van der Waals surface area contributed by atoms with Crippen LogP contribution < -0.4 is 11.5 Å². The standard InChI is InChI=1S/C19H25N3O.C4H10O.C4H10/c1-5-7-15(19(21)23)10-11-16-13(2)8-6-9-17(16)18(22-4)12-14(3)20;1-4(2,3)5;1-3-4-2/h6-12H,5,20H2,1-4H3,(H2,21,23);5H,1-3H3;3-4H2,1-2H3/b11-10-,14-12+,15-7-,22-18?;;. The van der Waals surface area contributed by atoms with E-state index < -0.39 is 11.5 Å². The normalized spacial score (nSPS) is 12.6. The van der Waals surface area contributed by atoms with E-state index in [2.05, 4.69) is 18.8 Å². The van der Waals surface area contributed by atoms with Crippen LogP contribution in [0.4, 0.5) is 0 Å². The second-order valence-electron chi connectivity index (χ2n) is 8.47. The average molecular weight is 444 g/mol. The second-order valence-corrected chi connectivity index (χ2v) is 8.47. The van der Waals surface area contributed by atoms with Crippen LogP contribution in [-0.4, -0.2) is 29.4 Å². The maximum atomic E-state index is 11.5. The Labute approximate surface area is 196 Å². The summed E-state index contributed by atoms with van der Waals surface area (Å²) in [5.41, 5.74) is 15.7. The van der Waals surface area contributed by atoms with Crippen molar-refractivity contribution < 1.29 is 9.90 Å². The summed E-state index contributed by atoms with van der Waals surface area (Å²) in [7, 11) is 1.73. The summed E-state index contributed by atoms with van der Waals surface area (Å²) >= 11 is 0. The first-order chi connectivity index (χ1) is 14.8. The van der Waals surface area contributed by atoms with Gasteiger partial charge < -0.3 is 16.6 Å². The highest BCUT2D eigenvalue weighted by atomic mass is 16.3. The Morgan fingerprint density at radius 1 is 1.12 bits per heavy atom. The molecule has 5 nitrogen and oxygen atoms in total. The molecule has 0 saturated heterocycles. The zero-order valence-electron chi connectivity index (χ0n) is 21.6. The van der Waals surface area contributed by atoms with Crippen molar-refractivity contribution in [3.63, 3.8) is 0 Å². The predicted molar refractivity (Wildman–Crippen MR) is 141 cm³/mol. The van der Waals surface area contributed by atoms with Crippen molar-refractivity contribution in [2.45, 2.75) is 80.3 Å². The third-order valence-electron chi connectivity index (χ3n) is 3.84. The maximum absolute atomic E-state index is 11.5. The molecule has 32 heavy (non-hydrogen) atoms. The summed E-state index contributed by atoms with van der Waals surface area (Å²) < 4.78 is 0. The van der Waals surface area contributed by atoms with Crippen LogP contribution in [0.25, 0.3) is 6.08 Å². The lowest BCUT2D eigenvalue weighted by Gasteiger charge is -2.10. The van der Waals surface area contributed by atoms with Crippen LogP contribution in [0.2, 0.25) is 0 Å². The first kappa shape index (κ1) is 31.5. The number of benzene rings is 1. The monoisotopic (exact) mass is 443 g/mol. The van der Waals surface area contributed by atoms with Gasteiger partial charge in [-0.2, -0.15) is 0 Å². The Hall–Kier alpha value is -2.66.